The number of nitrogens with zero attached hydrogens (tertiary/aromatic N) is 4. The summed E-state index contributed by atoms with van der Waals surface area (Å²) >= 11 is 4.51. The first kappa shape index (κ1) is 25.9. The molecule has 190 valence electrons. The first-order valence-corrected chi connectivity index (χ1v) is 13.6. The standard InChI is InChI=1S/C19H18N6O7S4/c1-7-9(2-14(28)29)35-18(22-7)34-5-8-15(16(30)31)25-12(27)3-13(25)36-19(8,24-11(26)4-21-32)10-6-33-17(20)23-10/h4,6,13,32H,2-3,5H2,1H3,(H2,20,23)(H,24,26)(H,28,29)(H,30,31)/t13-,19?/m0/s1. The molecule has 2 aromatic heterocycles. The number of aliphatic carboxylic acids is 2. The fourth-order valence-corrected chi connectivity index (χ4v) is 8.49. The summed E-state index contributed by atoms with van der Waals surface area (Å²) in [5, 5.41) is 34.8. The lowest BCUT2D eigenvalue weighted by Crippen LogP contribution is -2.61. The van der Waals surface area contributed by atoms with Gasteiger partial charge in [-0.2, -0.15) is 0 Å². The van der Waals surface area contributed by atoms with Crippen LogP contribution in [-0.2, 0) is 30.5 Å². The maximum atomic E-state index is 12.6. The highest BCUT2D eigenvalue weighted by Gasteiger charge is 2.56. The van der Waals surface area contributed by atoms with Crippen LogP contribution in [0.1, 0.15) is 22.7 Å². The van der Waals surface area contributed by atoms with Gasteiger partial charge in [0.15, 0.2) is 14.3 Å². The second-order valence-corrected chi connectivity index (χ2v) is 12.1. The Labute approximate surface area is 219 Å². The molecule has 6 N–H and O–H groups in total. The van der Waals surface area contributed by atoms with E-state index in [1.54, 1.807) is 12.3 Å². The van der Waals surface area contributed by atoms with Crippen LogP contribution in [0.3, 0.4) is 0 Å². The molecule has 4 heterocycles. The van der Waals surface area contributed by atoms with E-state index in [0.717, 1.165) is 46.2 Å². The lowest BCUT2D eigenvalue weighted by atomic mass is 9.98. The Hall–Kier alpha value is -3.15. The van der Waals surface area contributed by atoms with Gasteiger partial charge < -0.3 is 26.5 Å². The predicted molar refractivity (Wildman–Crippen MR) is 133 cm³/mol. The zero-order chi connectivity index (χ0) is 26.2. The number of rotatable bonds is 9. The molecule has 1 fully saturated rings. The van der Waals surface area contributed by atoms with Gasteiger partial charge in [0.25, 0.3) is 5.91 Å². The average molecular weight is 571 g/mol. The van der Waals surface area contributed by atoms with E-state index < -0.39 is 28.1 Å². The molecule has 0 saturated carbocycles. The van der Waals surface area contributed by atoms with Crippen molar-refractivity contribution in [3.05, 3.63) is 32.9 Å². The average Bonchev–Trinajstić information content (AvgIpc) is 3.37. The van der Waals surface area contributed by atoms with Gasteiger partial charge in [0, 0.05) is 21.6 Å². The number of carboxylic acid groups (broad SMARTS) is 2. The van der Waals surface area contributed by atoms with Gasteiger partial charge in [0.05, 0.1) is 29.6 Å². The number of aryl methyl sites for hydroxylation is 1. The number of nitrogen functional groups attached to an aromatic ring is 1. The molecule has 2 aromatic rings. The Morgan fingerprint density at radius 3 is 2.72 bits per heavy atom. The molecular formula is C19H18N6O7S4. The van der Waals surface area contributed by atoms with Crippen LogP contribution in [0, 0.1) is 6.92 Å². The van der Waals surface area contributed by atoms with Crippen molar-refractivity contribution in [1.29, 1.82) is 0 Å². The van der Waals surface area contributed by atoms with Crippen LogP contribution < -0.4 is 11.1 Å². The third-order valence-corrected chi connectivity index (χ3v) is 9.82. The maximum absolute atomic E-state index is 12.6. The largest absolute Gasteiger partial charge is 0.481 e. The van der Waals surface area contributed by atoms with Crippen LogP contribution in [0.5, 0.6) is 0 Å². The molecule has 2 amide bonds. The van der Waals surface area contributed by atoms with Crippen LogP contribution in [0.2, 0.25) is 0 Å². The Bertz CT molecular complexity index is 1320. The normalized spacial score (nSPS) is 21.4. The number of nitrogens with one attached hydrogen (secondary N) is 1. The van der Waals surface area contributed by atoms with Crippen LogP contribution in [0.15, 0.2) is 26.1 Å². The number of nitrogens with two attached hydrogens (primary N) is 1. The Morgan fingerprint density at radius 1 is 1.39 bits per heavy atom. The van der Waals surface area contributed by atoms with Gasteiger partial charge >= 0.3 is 11.9 Å². The number of amides is 2. The van der Waals surface area contributed by atoms with E-state index >= 15 is 0 Å². The molecule has 0 spiro atoms. The number of thiazole rings is 2. The van der Waals surface area contributed by atoms with Gasteiger partial charge in [-0.05, 0) is 6.92 Å². The molecule has 0 aliphatic carbocycles. The van der Waals surface area contributed by atoms with E-state index in [1.165, 1.54) is 4.90 Å². The van der Waals surface area contributed by atoms with Crippen molar-refractivity contribution in [2.45, 2.75) is 34.3 Å². The summed E-state index contributed by atoms with van der Waals surface area (Å²) < 4.78 is 0.484. The number of β-lactam (4-membered cyclic amide) rings is 1. The van der Waals surface area contributed by atoms with Crippen LogP contribution >= 0.6 is 46.2 Å². The third-order valence-electron chi connectivity index (χ3n) is 5.25. The number of carbonyl (C=O) groups excluding carboxylic acids is 2. The number of oxime groups is 1. The van der Waals surface area contributed by atoms with Gasteiger partial charge in [-0.25, -0.2) is 14.8 Å². The van der Waals surface area contributed by atoms with Crippen molar-refractivity contribution in [3.63, 3.8) is 0 Å². The van der Waals surface area contributed by atoms with Crippen molar-refractivity contribution in [2.75, 3.05) is 11.5 Å². The number of anilines is 1. The van der Waals surface area contributed by atoms with Crippen LogP contribution in [0.4, 0.5) is 5.13 Å². The molecule has 2 atom stereocenters. The van der Waals surface area contributed by atoms with E-state index in [2.05, 4.69) is 20.4 Å². The fourth-order valence-electron chi connectivity index (χ4n) is 3.73. The number of fused-ring (bicyclic) bond motifs is 1. The van der Waals surface area contributed by atoms with Crippen molar-refractivity contribution in [1.82, 2.24) is 20.2 Å². The van der Waals surface area contributed by atoms with Gasteiger partial charge in [0.1, 0.15) is 11.9 Å². The first-order valence-electron chi connectivity index (χ1n) is 10.0. The molecule has 1 unspecified atom stereocenters. The minimum Gasteiger partial charge on any atom is -0.481 e. The summed E-state index contributed by atoms with van der Waals surface area (Å²) in [6.45, 7) is 1.68. The molecule has 17 heteroatoms. The molecule has 2 aliphatic rings. The molecule has 0 bridgehead atoms. The van der Waals surface area contributed by atoms with E-state index in [4.69, 9.17) is 16.0 Å². The van der Waals surface area contributed by atoms with Gasteiger partial charge in [-0.1, -0.05) is 28.7 Å². The molecular weight excluding hydrogens is 553 g/mol. The molecule has 4 rings (SSSR count). The van der Waals surface area contributed by atoms with Gasteiger partial charge in [-0.3, -0.25) is 19.3 Å². The molecule has 1 saturated heterocycles. The monoisotopic (exact) mass is 570 g/mol. The fraction of sp³-hybridized carbons (Fsp3) is 0.316. The van der Waals surface area contributed by atoms with E-state index in [-0.39, 0.29) is 46.6 Å². The lowest BCUT2D eigenvalue weighted by molar-refractivity contribution is -0.146. The molecule has 0 radical (unpaired) electrons. The van der Waals surface area contributed by atoms with Gasteiger partial charge in [-0.15, -0.1) is 22.7 Å². The zero-order valence-electron chi connectivity index (χ0n) is 18.3. The Balaban J connectivity index is 1.83. The Morgan fingerprint density at radius 2 is 2.14 bits per heavy atom. The number of thioether (sulfide) groups is 2. The summed E-state index contributed by atoms with van der Waals surface area (Å²) in [7, 11) is 0. The third kappa shape index (κ3) is 4.78. The first-order chi connectivity index (χ1) is 17.1. The topological polar surface area (TPSA) is 208 Å². The van der Waals surface area contributed by atoms with E-state index in [9.17, 15) is 24.3 Å². The summed E-state index contributed by atoms with van der Waals surface area (Å²) in [4.78, 5) is 57.5. The smallest absolute Gasteiger partial charge is 0.352 e. The number of carboxylic acids is 2. The zero-order valence-corrected chi connectivity index (χ0v) is 21.6. The number of carbonyl (C=O) groups is 4. The summed E-state index contributed by atoms with van der Waals surface area (Å²) in [6, 6.07) is 0. The van der Waals surface area contributed by atoms with Crippen molar-refractivity contribution in [2.24, 2.45) is 5.16 Å². The number of hydrogen-bond acceptors (Lipinski definition) is 13. The highest BCUT2D eigenvalue weighted by atomic mass is 32.2. The van der Waals surface area contributed by atoms with E-state index in [0.29, 0.717) is 21.1 Å². The van der Waals surface area contributed by atoms with Crippen molar-refractivity contribution < 1.29 is 34.6 Å². The number of hydrogen-bond donors (Lipinski definition) is 5. The van der Waals surface area contributed by atoms with Gasteiger partial charge in [0.2, 0.25) is 5.91 Å². The van der Waals surface area contributed by atoms with Crippen LogP contribution in [-0.4, -0.2) is 71.4 Å². The second kappa shape index (κ2) is 10.1. The highest BCUT2D eigenvalue weighted by Crippen LogP contribution is 2.55. The quantitative estimate of drug-likeness (QED) is 0.0949. The highest BCUT2D eigenvalue weighted by molar-refractivity contribution is 8.02. The summed E-state index contributed by atoms with van der Waals surface area (Å²) in [5.74, 6) is -3.62. The lowest BCUT2D eigenvalue weighted by Gasteiger charge is -2.51. The van der Waals surface area contributed by atoms with Crippen LogP contribution in [0.25, 0.3) is 0 Å². The molecule has 2 aliphatic heterocycles. The summed E-state index contributed by atoms with van der Waals surface area (Å²) in [6.07, 6.45) is 0.479. The SMILES string of the molecule is Cc1nc(SCC2=C(C(=O)O)N3C(=O)C[C@@H]3SC2(NC(=O)C=NO)c2csc(N)n2)sc1CC(=O)O. The predicted octanol–water partition coefficient (Wildman–Crippen LogP) is 1.28. The minimum atomic E-state index is -1.55. The van der Waals surface area contributed by atoms with E-state index in [1.807, 2.05) is 0 Å². The molecule has 0 aromatic carbocycles. The minimum absolute atomic E-state index is 0.0431. The van der Waals surface area contributed by atoms with Crippen molar-refractivity contribution >= 4 is 81.3 Å². The Kier molecular flexibility index (Phi) is 7.26. The second-order valence-electron chi connectivity index (χ2n) is 7.51. The maximum Gasteiger partial charge on any atom is 0.352 e. The number of aromatic nitrogens is 2. The van der Waals surface area contributed by atoms with Crippen molar-refractivity contribution in [3.8, 4) is 0 Å². The summed E-state index contributed by atoms with van der Waals surface area (Å²) in [5.41, 5.74) is 6.50. The molecule has 36 heavy (non-hydrogen) atoms. The molecule has 13 nitrogen and oxygen atoms in total.